The van der Waals surface area contributed by atoms with Crippen molar-refractivity contribution in [2.24, 2.45) is 5.41 Å². The number of hydrogen-bond acceptors (Lipinski definition) is 4. The number of aliphatic hydroxyl groups is 2. The smallest absolute Gasteiger partial charge is 0.236 e. The van der Waals surface area contributed by atoms with Crippen LogP contribution in [-0.4, -0.2) is 64.8 Å². The lowest BCUT2D eigenvalue weighted by Crippen LogP contribution is -2.57. The molecular formula is C24H29FN2O3. The number of fused-ring (bicyclic) bond motifs is 1. The lowest BCUT2D eigenvalue weighted by molar-refractivity contribution is -0.143. The van der Waals surface area contributed by atoms with E-state index < -0.39 is 11.5 Å². The highest BCUT2D eigenvalue weighted by Crippen LogP contribution is 2.34. The van der Waals surface area contributed by atoms with E-state index in [0.717, 1.165) is 25.1 Å². The average Bonchev–Trinajstić information content (AvgIpc) is 2.76. The molecule has 2 aromatic rings. The molecule has 30 heavy (non-hydrogen) atoms. The summed E-state index contributed by atoms with van der Waals surface area (Å²) in [6, 6.07) is 14.4. The van der Waals surface area contributed by atoms with Gasteiger partial charge in [-0.25, -0.2) is 4.39 Å². The van der Waals surface area contributed by atoms with E-state index in [4.69, 9.17) is 0 Å². The van der Waals surface area contributed by atoms with Crippen LogP contribution >= 0.6 is 0 Å². The minimum Gasteiger partial charge on any atom is -0.396 e. The lowest BCUT2D eigenvalue weighted by atomic mass is 9.73. The van der Waals surface area contributed by atoms with Crippen molar-refractivity contribution in [2.75, 3.05) is 32.8 Å². The number of rotatable bonds is 5. The van der Waals surface area contributed by atoms with Crippen molar-refractivity contribution < 1.29 is 19.4 Å². The maximum atomic E-state index is 13.2. The fraction of sp³-hybridized carbons (Fsp3) is 0.458. The van der Waals surface area contributed by atoms with Gasteiger partial charge in [0.05, 0.1) is 19.3 Å². The molecule has 6 heteroatoms. The Kier molecular flexibility index (Phi) is 6.18. The molecule has 0 saturated carbocycles. The van der Waals surface area contributed by atoms with Gasteiger partial charge >= 0.3 is 0 Å². The van der Waals surface area contributed by atoms with Crippen LogP contribution in [0.4, 0.5) is 4.39 Å². The summed E-state index contributed by atoms with van der Waals surface area (Å²) >= 11 is 0. The molecule has 2 atom stereocenters. The second-order valence-corrected chi connectivity index (χ2v) is 8.67. The van der Waals surface area contributed by atoms with Gasteiger partial charge in [0.2, 0.25) is 5.91 Å². The molecular weight excluding hydrogens is 383 g/mol. The first-order chi connectivity index (χ1) is 14.5. The number of hydrogen-bond donors (Lipinski definition) is 2. The second-order valence-electron chi connectivity index (χ2n) is 8.67. The van der Waals surface area contributed by atoms with E-state index in [-0.39, 0.29) is 18.3 Å². The molecule has 1 saturated heterocycles. The molecule has 2 aromatic carbocycles. The predicted octanol–water partition coefficient (Wildman–Crippen LogP) is 2.00. The summed E-state index contributed by atoms with van der Waals surface area (Å²) in [5.41, 5.74) is 2.62. The van der Waals surface area contributed by atoms with Crippen molar-refractivity contribution in [1.29, 1.82) is 0 Å². The van der Waals surface area contributed by atoms with Crippen molar-refractivity contribution in [2.45, 2.75) is 31.9 Å². The molecule has 1 fully saturated rings. The standard InChI is InChI=1S/C24H29FN2O3/c25-21-7-5-18(6-8-21)13-24(17-28)16-27(12-10-22(24)29)23(30)15-26-11-9-19-3-1-2-4-20(19)14-26/h1-8,22,28-29H,9-17H2/t22-,24-/m0/s1. The first-order valence-corrected chi connectivity index (χ1v) is 10.6. The van der Waals surface area contributed by atoms with Crippen LogP contribution in [0.25, 0.3) is 0 Å². The van der Waals surface area contributed by atoms with Gasteiger partial charge in [-0.15, -0.1) is 0 Å². The van der Waals surface area contributed by atoms with Crippen molar-refractivity contribution in [1.82, 2.24) is 9.80 Å². The number of nitrogens with zero attached hydrogens (tertiary/aromatic N) is 2. The largest absolute Gasteiger partial charge is 0.396 e. The summed E-state index contributed by atoms with van der Waals surface area (Å²) in [4.78, 5) is 17.0. The van der Waals surface area contributed by atoms with Gasteiger partial charge in [0.25, 0.3) is 0 Å². The summed E-state index contributed by atoms with van der Waals surface area (Å²) in [6.07, 6.45) is 1.05. The third-order valence-electron chi connectivity index (χ3n) is 6.59. The van der Waals surface area contributed by atoms with Crippen LogP contribution in [0.3, 0.4) is 0 Å². The lowest BCUT2D eigenvalue weighted by Gasteiger charge is -2.46. The van der Waals surface area contributed by atoms with Crippen molar-refractivity contribution in [3.8, 4) is 0 Å². The van der Waals surface area contributed by atoms with E-state index in [1.807, 2.05) is 12.1 Å². The van der Waals surface area contributed by atoms with Crippen molar-refractivity contribution in [3.63, 3.8) is 0 Å². The van der Waals surface area contributed by atoms with Crippen LogP contribution in [0.15, 0.2) is 48.5 Å². The fourth-order valence-corrected chi connectivity index (χ4v) is 4.74. The number of piperidine rings is 1. The van der Waals surface area contributed by atoms with Crippen LogP contribution in [-0.2, 0) is 24.2 Å². The van der Waals surface area contributed by atoms with Gasteiger partial charge in [-0.3, -0.25) is 9.69 Å². The second kappa shape index (κ2) is 8.84. The van der Waals surface area contributed by atoms with Gasteiger partial charge in [-0.05, 0) is 48.1 Å². The average molecular weight is 413 g/mol. The third kappa shape index (κ3) is 4.41. The Morgan fingerprint density at radius 3 is 2.57 bits per heavy atom. The number of carbonyl (C=O) groups is 1. The zero-order valence-corrected chi connectivity index (χ0v) is 17.1. The molecule has 160 valence electrons. The predicted molar refractivity (Wildman–Crippen MR) is 112 cm³/mol. The quantitative estimate of drug-likeness (QED) is 0.789. The SMILES string of the molecule is O=C(CN1CCc2ccccc2C1)N1CC[C@H](O)[C@@](CO)(Cc2ccc(F)cc2)C1. The highest BCUT2D eigenvalue weighted by Gasteiger charge is 2.43. The first-order valence-electron chi connectivity index (χ1n) is 10.6. The van der Waals surface area contributed by atoms with E-state index >= 15 is 0 Å². The first kappa shape index (κ1) is 21.0. The molecule has 2 aliphatic heterocycles. The van der Waals surface area contributed by atoms with E-state index in [1.54, 1.807) is 17.0 Å². The maximum Gasteiger partial charge on any atom is 0.236 e. The van der Waals surface area contributed by atoms with Gasteiger partial charge < -0.3 is 15.1 Å². The topological polar surface area (TPSA) is 64.0 Å². The van der Waals surface area contributed by atoms with Crippen molar-refractivity contribution >= 4 is 5.91 Å². The third-order valence-corrected chi connectivity index (χ3v) is 6.59. The highest BCUT2D eigenvalue weighted by atomic mass is 19.1. The molecule has 0 aromatic heterocycles. The van der Waals surface area contributed by atoms with E-state index in [1.165, 1.54) is 23.3 Å². The van der Waals surface area contributed by atoms with Crippen LogP contribution < -0.4 is 0 Å². The molecule has 4 rings (SSSR count). The van der Waals surface area contributed by atoms with Crippen LogP contribution in [0.1, 0.15) is 23.1 Å². The minimum atomic E-state index is -0.833. The monoisotopic (exact) mass is 412 g/mol. The summed E-state index contributed by atoms with van der Waals surface area (Å²) in [5, 5.41) is 20.9. The van der Waals surface area contributed by atoms with Gasteiger partial charge in [0, 0.05) is 31.6 Å². The van der Waals surface area contributed by atoms with E-state index in [9.17, 15) is 19.4 Å². The van der Waals surface area contributed by atoms with Crippen LogP contribution in [0, 0.1) is 11.2 Å². The molecule has 2 heterocycles. The summed E-state index contributed by atoms with van der Waals surface area (Å²) in [6.45, 7) is 2.49. The number of benzene rings is 2. The molecule has 0 aliphatic carbocycles. The molecule has 0 spiro atoms. The number of carbonyl (C=O) groups excluding carboxylic acids is 1. The Morgan fingerprint density at radius 1 is 1.10 bits per heavy atom. The number of halogens is 1. The molecule has 0 radical (unpaired) electrons. The van der Waals surface area contributed by atoms with Gasteiger partial charge in [-0.1, -0.05) is 36.4 Å². The minimum absolute atomic E-state index is 0.0261. The number of amides is 1. The van der Waals surface area contributed by atoms with Gasteiger partial charge in [0.15, 0.2) is 0 Å². The fourth-order valence-electron chi connectivity index (χ4n) is 4.74. The molecule has 0 unspecified atom stereocenters. The summed E-state index contributed by atoms with van der Waals surface area (Å²) in [5.74, 6) is -0.292. The Balaban J connectivity index is 1.43. The van der Waals surface area contributed by atoms with Crippen LogP contribution in [0.2, 0.25) is 0 Å². The molecule has 2 N–H and O–H groups in total. The molecule has 2 aliphatic rings. The normalized spacial score (nSPS) is 24.5. The molecule has 0 bridgehead atoms. The number of aliphatic hydroxyl groups excluding tert-OH is 2. The summed E-state index contributed by atoms with van der Waals surface area (Å²) in [7, 11) is 0. The van der Waals surface area contributed by atoms with E-state index in [2.05, 4.69) is 17.0 Å². The molecule has 5 nitrogen and oxygen atoms in total. The summed E-state index contributed by atoms with van der Waals surface area (Å²) < 4.78 is 13.2. The molecule has 1 amide bonds. The highest BCUT2D eigenvalue weighted by molar-refractivity contribution is 5.78. The zero-order valence-electron chi connectivity index (χ0n) is 17.1. The zero-order chi connectivity index (χ0) is 21.1. The Bertz CT molecular complexity index is 888. The Morgan fingerprint density at radius 2 is 1.83 bits per heavy atom. The maximum absolute atomic E-state index is 13.2. The van der Waals surface area contributed by atoms with Gasteiger partial charge in [0.1, 0.15) is 5.82 Å². The van der Waals surface area contributed by atoms with Crippen molar-refractivity contribution in [3.05, 3.63) is 71.0 Å². The van der Waals surface area contributed by atoms with Crippen LogP contribution in [0.5, 0.6) is 0 Å². The van der Waals surface area contributed by atoms with Gasteiger partial charge in [-0.2, -0.15) is 0 Å². The van der Waals surface area contributed by atoms with E-state index in [0.29, 0.717) is 32.5 Å². The Hall–Kier alpha value is -2.28. The number of likely N-dealkylation sites (tertiary alicyclic amines) is 1. The Labute approximate surface area is 176 Å².